The molecule has 30 heteroatoms. The first-order chi connectivity index (χ1) is 39.3. The summed E-state index contributed by atoms with van der Waals surface area (Å²) in [7, 11) is 0. The monoisotopic (exact) mass is 1150 g/mol. The molecule has 0 aliphatic carbocycles. The summed E-state index contributed by atoms with van der Waals surface area (Å²) < 4.78 is 0. The Labute approximate surface area is 475 Å². The Bertz CT molecular complexity index is 2540. The van der Waals surface area contributed by atoms with E-state index in [9.17, 15) is 43.2 Å². The maximum absolute atomic E-state index is 14.3. The predicted octanol–water partition coefficient (Wildman–Crippen LogP) is -3.61. The molecule has 22 N–H and O–H groups in total. The molecular weight excluding hydrogens is 1060 g/mol. The molecule has 4 rings (SSSR count). The average molecular weight is 1150 g/mol. The molecule has 0 saturated heterocycles. The van der Waals surface area contributed by atoms with Crippen LogP contribution in [0.3, 0.4) is 0 Å². The number of H-pyrrole nitrogens is 4. The number of primary amides is 1. The largest absolute Gasteiger partial charge is 0.368 e. The Morgan fingerprint density at radius 1 is 0.378 bits per heavy atom. The molecule has 8 atom stereocenters. The van der Waals surface area contributed by atoms with Gasteiger partial charge in [-0.2, -0.15) is 0 Å². The molecule has 0 spiro atoms. The van der Waals surface area contributed by atoms with Crippen molar-refractivity contribution in [2.24, 2.45) is 34.6 Å². The van der Waals surface area contributed by atoms with E-state index in [0.717, 1.165) is 0 Å². The van der Waals surface area contributed by atoms with E-state index in [0.29, 0.717) is 74.1 Å². The van der Waals surface area contributed by atoms with Gasteiger partial charge in [0, 0.05) is 105 Å². The number of amides is 9. The summed E-state index contributed by atoms with van der Waals surface area (Å²) in [6.07, 6.45) is 16.5. The smallest absolute Gasteiger partial charge is 0.243 e. The fourth-order valence-corrected chi connectivity index (χ4v) is 8.41. The summed E-state index contributed by atoms with van der Waals surface area (Å²) in [5.74, 6) is -5.02. The number of nitrogens with one attached hydrogen (secondary N) is 12. The second-order valence-electron chi connectivity index (χ2n) is 20.5. The van der Waals surface area contributed by atoms with E-state index in [-0.39, 0.29) is 101 Å². The van der Waals surface area contributed by atoms with Crippen molar-refractivity contribution in [3.05, 3.63) is 72.9 Å². The zero-order valence-corrected chi connectivity index (χ0v) is 46.8. The molecule has 9 amide bonds. The van der Waals surface area contributed by atoms with Crippen molar-refractivity contribution in [3.8, 4) is 0 Å². The van der Waals surface area contributed by atoms with Gasteiger partial charge in [0.25, 0.3) is 0 Å². The minimum atomic E-state index is -1.17. The van der Waals surface area contributed by atoms with E-state index in [1.54, 1.807) is 32.4 Å². The van der Waals surface area contributed by atoms with Crippen LogP contribution in [0.4, 0.5) is 0 Å². The van der Waals surface area contributed by atoms with E-state index in [4.69, 9.17) is 28.7 Å². The maximum Gasteiger partial charge on any atom is 0.243 e. The van der Waals surface area contributed by atoms with Crippen molar-refractivity contribution in [1.82, 2.24) is 82.4 Å². The lowest BCUT2D eigenvalue weighted by atomic mass is 10.0. The van der Waals surface area contributed by atoms with Crippen molar-refractivity contribution in [2.45, 2.75) is 165 Å². The third-order valence-electron chi connectivity index (χ3n) is 13.3. The van der Waals surface area contributed by atoms with Crippen LogP contribution in [0.15, 0.2) is 50.1 Å². The summed E-state index contributed by atoms with van der Waals surface area (Å²) in [5, 5.41) is 22.3. The number of hydrogen-bond acceptors (Lipinski definition) is 17. The van der Waals surface area contributed by atoms with Gasteiger partial charge in [-0.25, -0.2) is 19.9 Å². The highest BCUT2D eigenvalue weighted by Crippen LogP contribution is 2.10. The number of imidazole rings is 4. The quantitative estimate of drug-likeness (QED) is 0.0191. The third kappa shape index (κ3) is 25.1. The van der Waals surface area contributed by atoms with Gasteiger partial charge in [-0.15, -0.1) is 0 Å². The molecule has 0 aliphatic heterocycles. The highest BCUT2D eigenvalue weighted by molar-refractivity contribution is 5.93. The summed E-state index contributed by atoms with van der Waals surface area (Å²) in [4.78, 5) is 146. The number of rotatable bonds is 41. The van der Waals surface area contributed by atoms with Gasteiger partial charge in [-0.3, -0.25) is 43.2 Å². The van der Waals surface area contributed by atoms with Crippen molar-refractivity contribution >= 4 is 53.2 Å². The Morgan fingerprint density at radius 2 is 0.646 bits per heavy atom. The van der Waals surface area contributed by atoms with E-state index >= 15 is 0 Å². The van der Waals surface area contributed by atoms with Crippen LogP contribution in [-0.2, 0) is 68.8 Å². The second-order valence-corrected chi connectivity index (χ2v) is 20.5. The molecule has 0 aromatic carbocycles. The number of nitrogens with two attached hydrogens (primary N) is 5. The van der Waals surface area contributed by atoms with Crippen LogP contribution < -0.4 is 71.2 Å². The van der Waals surface area contributed by atoms with Crippen LogP contribution in [0.25, 0.3) is 0 Å². The van der Waals surface area contributed by atoms with Gasteiger partial charge in [0.1, 0.15) is 24.2 Å². The zero-order valence-electron chi connectivity index (χ0n) is 46.8. The van der Waals surface area contributed by atoms with Crippen LogP contribution in [0, 0.1) is 5.92 Å². The van der Waals surface area contributed by atoms with Gasteiger partial charge < -0.3 is 91.1 Å². The van der Waals surface area contributed by atoms with Crippen LogP contribution in [-0.4, -0.2) is 168 Å². The molecule has 452 valence electrons. The molecule has 0 fully saturated rings. The van der Waals surface area contributed by atoms with Crippen molar-refractivity contribution in [3.63, 3.8) is 0 Å². The van der Waals surface area contributed by atoms with Crippen molar-refractivity contribution in [2.75, 3.05) is 26.2 Å². The predicted molar refractivity (Wildman–Crippen MR) is 300 cm³/mol. The van der Waals surface area contributed by atoms with Crippen molar-refractivity contribution in [1.29, 1.82) is 0 Å². The van der Waals surface area contributed by atoms with E-state index < -0.39 is 83.8 Å². The van der Waals surface area contributed by atoms with Gasteiger partial charge in [0.15, 0.2) is 0 Å². The molecule has 30 nitrogen and oxygen atoms in total. The molecule has 0 aliphatic rings. The number of carbonyl (C=O) groups excluding carboxylic acids is 9. The molecule has 0 radical (unpaired) electrons. The first kappa shape index (κ1) is 66.4. The first-order valence-corrected chi connectivity index (χ1v) is 27.8. The van der Waals surface area contributed by atoms with E-state index in [1.807, 2.05) is 0 Å². The van der Waals surface area contributed by atoms with Gasteiger partial charge >= 0.3 is 0 Å². The fourth-order valence-electron chi connectivity index (χ4n) is 8.41. The maximum atomic E-state index is 14.3. The average Bonchev–Trinajstić information content (AvgIpc) is 4.37. The minimum Gasteiger partial charge on any atom is -0.368 e. The molecule has 0 saturated carbocycles. The standard InChI is InChI=1S/C52H85N21O9/c1-31(2)45(75)70-40(44(57)74)11-3-7-17-65-51(81)42(73-52(82)43(72-49(79)39(56)22-35-26-61-30-69-35)14-6-9-16-63-47(77)37(54)20-33-24-59-28-67-33)13-5-10-18-64-50(80)41(71-48(78)38(55)21-34-25-60-29-68-34)12-4-8-15-62-46(76)36(53)19-32-23-58-27-66-32/h23-31,36-43H,3-22,53-56H2,1-2H3,(H2,57,74)(H,58,66)(H,59,67)(H,60,68)(H,61,69)(H,62,76)(H,63,77)(H,64,80)(H,65,81)(H,70,75)(H,71,78)(H,72,79)(H,73,82). The number of aromatic amines is 4. The number of aromatic nitrogens is 8. The lowest BCUT2D eigenvalue weighted by molar-refractivity contribution is -0.132. The highest BCUT2D eigenvalue weighted by atomic mass is 16.2. The Balaban J connectivity index is 1.40. The summed E-state index contributed by atoms with van der Waals surface area (Å²) in [6, 6.07) is -7.91. The van der Waals surface area contributed by atoms with Gasteiger partial charge in [-0.1, -0.05) is 13.8 Å². The molecule has 82 heavy (non-hydrogen) atoms. The molecule has 4 aromatic rings. The second kappa shape index (κ2) is 36.3. The van der Waals surface area contributed by atoms with Crippen LogP contribution >= 0.6 is 0 Å². The zero-order chi connectivity index (χ0) is 59.8. The Kier molecular flexibility index (Phi) is 29.4. The van der Waals surface area contributed by atoms with Gasteiger partial charge in [0.05, 0.1) is 49.5 Å². The lowest BCUT2D eigenvalue weighted by Crippen LogP contribution is -2.56. The number of nitrogens with zero attached hydrogens (tertiary/aromatic N) is 4. The molecule has 4 aromatic heterocycles. The van der Waals surface area contributed by atoms with Gasteiger partial charge in [0.2, 0.25) is 53.2 Å². The molecular formula is C52H85N21O9. The molecule has 0 bridgehead atoms. The normalized spacial score (nSPS) is 14.2. The number of hydrogen-bond donors (Lipinski definition) is 17. The highest BCUT2D eigenvalue weighted by Gasteiger charge is 2.30. The SMILES string of the molecule is CC(C)C(=O)NC(CCCCNC(=O)C(CCCCNC(=O)C(CCCCNC(=O)C(N)Cc1cnc[nH]1)NC(=O)C(N)Cc1cnc[nH]1)NC(=O)C(CCCCNC(=O)C(N)Cc1cnc[nH]1)NC(=O)C(N)Cc1cnc[nH]1)C(N)=O. The third-order valence-corrected chi connectivity index (χ3v) is 13.3. The number of carbonyl (C=O) groups is 9. The van der Waals surface area contributed by atoms with E-state index in [2.05, 4.69) is 82.4 Å². The lowest BCUT2D eigenvalue weighted by Gasteiger charge is -2.24. The van der Waals surface area contributed by atoms with Gasteiger partial charge in [-0.05, 0) is 77.0 Å². The van der Waals surface area contributed by atoms with Crippen LogP contribution in [0.1, 0.15) is 114 Å². The summed E-state index contributed by atoms with van der Waals surface area (Å²) in [6.45, 7) is 4.12. The molecule has 8 unspecified atom stereocenters. The molecule has 4 heterocycles. The Morgan fingerprint density at radius 3 is 0.939 bits per heavy atom. The number of unbranched alkanes of at least 4 members (excludes halogenated alkanes) is 4. The van der Waals surface area contributed by atoms with E-state index in [1.165, 1.54) is 31.5 Å². The topological polar surface area (TPSA) is 495 Å². The fraction of sp³-hybridized carbons (Fsp3) is 0.596. The Hall–Kier alpha value is -8.09. The van der Waals surface area contributed by atoms with Crippen LogP contribution in [0.5, 0.6) is 0 Å². The van der Waals surface area contributed by atoms with Crippen molar-refractivity contribution < 1.29 is 43.2 Å². The minimum absolute atomic E-state index is 0.0865. The summed E-state index contributed by atoms with van der Waals surface area (Å²) in [5.41, 5.74) is 32.8. The van der Waals surface area contributed by atoms with Crippen LogP contribution in [0.2, 0.25) is 0 Å². The summed E-state index contributed by atoms with van der Waals surface area (Å²) >= 11 is 0. The first-order valence-electron chi connectivity index (χ1n) is 27.8.